The Hall–Kier alpha value is -0.0800. The van der Waals surface area contributed by atoms with Crippen molar-refractivity contribution < 1.29 is 10.2 Å². The van der Waals surface area contributed by atoms with E-state index in [0.717, 1.165) is 25.7 Å². The molecule has 2 heteroatoms. The van der Waals surface area contributed by atoms with E-state index in [4.69, 9.17) is 10.2 Å². The van der Waals surface area contributed by atoms with Crippen LogP contribution in [0.1, 0.15) is 39.5 Å². The molecule has 2 nitrogen and oxygen atoms in total. The molecule has 0 bridgehead atoms. The molecular weight excluding hydrogens is 140 g/mol. The average molecular weight is 160 g/mol. The molecule has 0 aliphatic rings. The summed E-state index contributed by atoms with van der Waals surface area (Å²) in [7, 11) is 0. The van der Waals surface area contributed by atoms with E-state index in [-0.39, 0.29) is 6.10 Å². The SMILES string of the molecule is CC(O)CCC(C)CCCO. The van der Waals surface area contributed by atoms with Crippen molar-refractivity contribution in [2.24, 2.45) is 5.92 Å². The number of rotatable bonds is 6. The van der Waals surface area contributed by atoms with E-state index in [0.29, 0.717) is 12.5 Å². The minimum Gasteiger partial charge on any atom is -0.396 e. The Labute approximate surface area is 69.2 Å². The summed E-state index contributed by atoms with van der Waals surface area (Å²) in [6.45, 7) is 4.27. The molecule has 0 aliphatic heterocycles. The van der Waals surface area contributed by atoms with E-state index >= 15 is 0 Å². The minimum atomic E-state index is -0.174. The van der Waals surface area contributed by atoms with Gasteiger partial charge in [0.25, 0.3) is 0 Å². The topological polar surface area (TPSA) is 40.5 Å². The highest BCUT2D eigenvalue weighted by molar-refractivity contribution is 4.56. The Bertz CT molecular complexity index is 81.6. The van der Waals surface area contributed by atoms with Crippen molar-refractivity contribution in [2.45, 2.75) is 45.6 Å². The molecule has 2 unspecified atom stereocenters. The maximum absolute atomic E-state index is 8.98. The lowest BCUT2D eigenvalue weighted by molar-refractivity contribution is 0.172. The van der Waals surface area contributed by atoms with Crippen LogP contribution in [0.2, 0.25) is 0 Å². The number of aliphatic hydroxyl groups excluding tert-OH is 2. The highest BCUT2D eigenvalue weighted by Gasteiger charge is 2.03. The molecule has 2 atom stereocenters. The fourth-order valence-electron chi connectivity index (χ4n) is 1.11. The van der Waals surface area contributed by atoms with Gasteiger partial charge in [0.15, 0.2) is 0 Å². The molecule has 2 N–H and O–H groups in total. The second-order valence-corrected chi connectivity index (χ2v) is 3.40. The molecule has 68 valence electrons. The number of aliphatic hydroxyl groups is 2. The summed E-state index contributed by atoms with van der Waals surface area (Å²) in [5.74, 6) is 0.636. The van der Waals surface area contributed by atoms with E-state index in [1.807, 2.05) is 6.92 Å². The lowest BCUT2D eigenvalue weighted by Crippen LogP contribution is -2.04. The van der Waals surface area contributed by atoms with E-state index < -0.39 is 0 Å². The molecule has 0 aliphatic carbocycles. The summed E-state index contributed by atoms with van der Waals surface area (Å²) in [5, 5.41) is 17.5. The van der Waals surface area contributed by atoms with Gasteiger partial charge < -0.3 is 10.2 Å². The van der Waals surface area contributed by atoms with Gasteiger partial charge in [-0.3, -0.25) is 0 Å². The Balaban J connectivity index is 3.15. The summed E-state index contributed by atoms with van der Waals surface area (Å²) < 4.78 is 0. The third-order valence-electron chi connectivity index (χ3n) is 1.93. The van der Waals surface area contributed by atoms with Crippen LogP contribution in [0.4, 0.5) is 0 Å². The van der Waals surface area contributed by atoms with Crippen molar-refractivity contribution >= 4 is 0 Å². The molecule has 0 aromatic heterocycles. The number of hydrogen-bond donors (Lipinski definition) is 2. The predicted molar refractivity (Wildman–Crippen MR) is 46.4 cm³/mol. The summed E-state index contributed by atoms with van der Waals surface area (Å²) in [4.78, 5) is 0. The molecule has 0 radical (unpaired) electrons. The molecule has 0 aromatic rings. The van der Waals surface area contributed by atoms with Crippen LogP contribution in [0.15, 0.2) is 0 Å². The second kappa shape index (κ2) is 6.62. The van der Waals surface area contributed by atoms with Crippen LogP contribution in [-0.4, -0.2) is 22.9 Å². The van der Waals surface area contributed by atoms with Crippen LogP contribution in [-0.2, 0) is 0 Å². The van der Waals surface area contributed by atoms with Crippen molar-refractivity contribution in [3.63, 3.8) is 0 Å². The molecule has 11 heavy (non-hydrogen) atoms. The normalized spacial score (nSPS) is 16.4. The first-order chi connectivity index (χ1) is 5.16. The quantitative estimate of drug-likeness (QED) is 0.619. The highest BCUT2D eigenvalue weighted by Crippen LogP contribution is 2.13. The smallest absolute Gasteiger partial charge is 0.0512 e. The summed E-state index contributed by atoms with van der Waals surface area (Å²) in [6, 6.07) is 0. The number of hydrogen-bond acceptors (Lipinski definition) is 2. The summed E-state index contributed by atoms with van der Waals surface area (Å²) in [6.07, 6.45) is 3.74. The van der Waals surface area contributed by atoms with Crippen molar-refractivity contribution in [1.29, 1.82) is 0 Å². The molecule has 0 amide bonds. The Morgan fingerprint density at radius 1 is 1.09 bits per heavy atom. The maximum Gasteiger partial charge on any atom is 0.0512 e. The van der Waals surface area contributed by atoms with E-state index in [9.17, 15) is 0 Å². The fraction of sp³-hybridized carbons (Fsp3) is 1.00. The lowest BCUT2D eigenvalue weighted by atomic mass is 9.98. The standard InChI is InChI=1S/C9H20O2/c1-8(4-3-7-10)5-6-9(2)11/h8-11H,3-7H2,1-2H3. The molecule has 0 fully saturated rings. The van der Waals surface area contributed by atoms with Gasteiger partial charge in [-0.1, -0.05) is 6.92 Å². The van der Waals surface area contributed by atoms with Crippen LogP contribution in [0, 0.1) is 5.92 Å². The third kappa shape index (κ3) is 7.82. The molecule has 0 spiro atoms. The lowest BCUT2D eigenvalue weighted by Gasteiger charge is -2.10. The average Bonchev–Trinajstić information content (AvgIpc) is 1.97. The molecule has 0 aromatic carbocycles. The van der Waals surface area contributed by atoms with Gasteiger partial charge in [0.1, 0.15) is 0 Å². The predicted octanol–water partition coefficient (Wildman–Crippen LogP) is 1.56. The van der Waals surface area contributed by atoms with Crippen molar-refractivity contribution in [2.75, 3.05) is 6.61 Å². The van der Waals surface area contributed by atoms with Gasteiger partial charge in [0, 0.05) is 6.61 Å². The van der Waals surface area contributed by atoms with Crippen LogP contribution in [0.25, 0.3) is 0 Å². The van der Waals surface area contributed by atoms with Gasteiger partial charge in [0.05, 0.1) is 6.10 Å². The monoisotopic (exact) mass is 160 g/mol. The third-order valence-corrected chi connectivity index (χ3v) is 1.93. The second-order valence-electron chi connectivity index (χ2n) is 3.40. The first-order valence-electron chi connectivity index (χ1n) is 4.45. The van der Waals surface area contributed by atoms with Crippen LogP contribution in [0.5, 0.6) is 0 Å². The van der Waals surface area contributed by atoms with Gasteiger partial charge in [0.2, 0.25) is 0 Å². The minimum absolute atomic E-state index is 0.174. The largest absolute Gasteiger partial charge is 0.396 e. The Kier molecular flexibility index (Phi) is 6.57. The highest BCUT2D eigenvalue weighted by atomic mass is 16.3. The molecule has 0 heterocycles. The van der Waals surface area contributed by atoms with Crippen LogP contribution >= 0.6 is 0 Å². The maximum atomic E-state index is 8.98. The zero-order valence-corrected chi connectivity index (χ0v) is 7.58. The van der Waals surface area contributed by atoms with Gasteiger partial charge in [-0.2, -0.15) is 0 Å². The Morgan fingerprint density at radius 2 is 1.73 bits per heavy atom. The van der Waals surface area contributed by atoms with Crippen molar-refractivity contribution in [3.05, 3.63) is 0 Å². The van der Waals surface area contributed by atoms with Crippen molar-refractivity contribution in [1.82, 2.24) is 0 Å². The molecule has 0 rings (SSSR count). The van der Waals surface area contributed by atoms with Crippen LogP contribution in [0.3, 0.4) is 0 Å². The molecule has 0 saturated heterocycles. The summed E-state index contributed by atoms with van der Waals surface area (Å²) in [5.41, 5.74) is 0. The fourth-order valence-corrected chi connectivity index (χ4v) is 1.11. The first kappa shape index (κ1) is 10.9. The van der Waals surface area contributed by atoms with Crippen LogP contribution < -0.4 is 0 Å². The van der Waals surface area contributed by atoms with E-state index in [2.05, 4.69) is 6.92 Å². The van der Waals surface area contributed by atoms with Gasteiger partial charge in [-0.05, 0) is 38.5 Å². The van der Waals surface area contributed by atoms with Crippen molar-refractivity contribution in [3.8, 4) is 0 Å². The van der Waals surface area contributed by atoms with Gasteiger partial charge in [-0.15, -0.1) is 0 Å². The molecule has 0 saturated carbocycles. The zero-order valence-electron chi connectivity index (χ0n) is 7.58. The van der Waals surface area contributed by atoms with E-state index in [1.54, 1.807) is 0 Å². The first-order valence-corrected chi connectivity index (χ1v) is 4.45. The summed E-state index contributed by atoms with van der Waals surface area (Å²) >= 11 is 0. The van der Waals surface area contributed by atoms with Gasteiger partial charge >= 0.3 is 0 Å². The van der Waals surface area contributed by atoms with E-state index in [1.165, 1.54) is 0 Å². The molecular formula is C9H20O2. The Morgan fingerprint density at radius 3 is 2.18 bits per heavy atom. The van der Waals surface area contributed by atoms with Gasteiger partial charge in [-0.25, -0.2) is 0 Å². The zero-order chi connectivity index (χ0) is 8.69.